The molecular formula is C8H8N4S2. The fourth-order valence-electron chi connectivity index (χ4n) is 1.10. The number of aromatic nitrogens is 1. The number of anilines is 1. The van der Waals surface area contributed by atoms with Gasteiger partial charge in [-0.25, -0.2) is 10.8 Å². The number of fused-ring (bicyclic) bond motifs is 1. The molecule has 0 atom stereocenters. The number of thiazole rings is 1. The van der Waals surface area contributed by atoms with Crippen LogP contribution in [0.3, 0.4) is 0 Å². The molecule has 4 N–H and O–H groups in total. The van der Waals surface area contributed by atoms with Gasteiger partial charge in [0.05, 0.1) is 15.7 Å². The van der Waals surface area contributed by atoms with Crippen molar-refractivity contribution in [3.63, 3.8) is 0 Å². The Morgan fingerprint density at radius 1 is 1.50 bits per heavy atom. The van der Waals surface area contributed by atoms with Gasteiger partial charge in [0.1, 0.15) is 0 Å². The first-order valence-corrected chi connectivity index (χ1v) is 5.19. The highest BCUT2D eigenvalue weighted by molar-refractivity contribution is 7.80. The fourth-order valence-corrected chi connectivity index (χ4v) is 1.93. The average molecular weight is 224 g/mol. The number of hydrazine groups is 1. The van der Waals surface area contributed by atoms with Crippen LogP contribution in [-0.2, 0) is 0 Å². The van der Waals surface area contributed by atoms with Crippen LogP contribution in [0, 0.1) is 0 Å². The minimum atomic E-state index is 0.397. The van der Waals surface area contributed by atoms with Crippen molar-refractivity contribution in [2.24, 2.45) is 5.84 Å². The van der Waals surface area contributed by atoms with Crippen LogP contribution in [0.5, 0.6) is 0 Å². The van der Waals surface area contributed by atoms with E-state index in [0.717, 1.165) is 15.9 Å². The molecule has 0 aliphatic rings. The number of nitrogens with two attached hydrogens (primary N) is 1. The summed E-state index contributed by atoms with van der Waals surface area (Å²) >= 11 is 6.47. The number of nitrogens with zero attached hydrogens (tertiary/aromatic N) is 1. The first kappa shape index (κ1) is 9.32. The lowest BCUT2D eigenvalue weighted by Crippen LogP contribution is -2.34. The van der Waals surface area contributed by atoms with Crippen LogP contribution in [0.4, 0.5) is 5.69 Å². The van der Waals surface area contributed by atoms with E-state index in [2.05, 4.69) is 15.7 Å². The molecule has 1 heterocycles. The molecule has 1 aromatic heterocycles. The summed E-state index contributed by atoms with van der Waals surface area (Å²) in [6.45, 7) is 0. The van der Waals surface area contributed by atoms with Crippen LogP contribution < -0.4 is 16.6 Å². The van der Waals surface area contributed by atoms with Crippen molar-refractivity contribution >= 4 is 44.6 Å². The maximum absolute atomic E-state index is 5.15. The second-order valence-corrected chi connectivity index (χ2v) is 3.93. The number of thiocarbonyl (C=S) groups is 1. The van der Waals surface area contributed by atoms with E-state index in [1.165, 1.54) is 0 Å². The van der Waals surface area contributed by atoms with Crippen LogP contribution in [0.15, 0.2) is 23.7 Å². The molecule has 2 rings (SSSR count). The van der Waals surface area contributed by atoms with E-state index in [9.17, 15) is 0 Å². The quantitative estimate of drug-likeness (QED) is 0.389. The summed E-state index contributed by atoms with van der Waals surface area (Å²) in [5.41, 5.74) is 6.08. The molecule has 6 heteroatoms. The van der Waals surface area contributed by atoms with Gasteiger partial charge in [0.25, 0.3) is 0 Å². The molecule has 1 aromatic carbocycles. The molecule has 0 radical (unpaired) electrons. The van der Waals surface area contributed by atoms with E-state index >= 15 is 0 Å². The first-order chi connectivity index (χ1) is 6.79. The van der Waals surface area contributed by atoms with Crippen LogP contribution in [0.1, 0.15) is 0 Å². The number of nitrogens with one attached hydrogen (secondary N) is 2. The Labute approximate surface area is 90.1 Å². The SMILES string of the molecule is NNC(=S)Nc1ccc2ncsc2c1. The van der Waals surface area contributed by atoms with Gasteiger partial charge in [-0.15, -0.1) is 11.3 Å². The van der Waals surface area contributed by atoms with E-state index in [-0.39, 0.29) is 0 Å². The van der Waals surface area contributed by atoms with Crippen molar-refractivity contribution in [1.29, 1.82) is 0 Å². The van der Waals surface area contributed by atoms with Gasteiger partial charge < -0.3 is 10.7 Å². The van der Waals surface area contributed by atoms with Crippen LogP contribution in [0.2, 0.25) is 0 Å². The summed E-state index contributed by atoms with van der Waals surface area (Å²) in [6.07, 6.45) is 0. The molecular weight excluding hydrogens is 216 g/mol. The Balaban J connectivity index is 2.30. The maximum Gasteiger partial charge on any atom is 0.185 e. The summed E-state index contributed by atoms with van der Waals surface area (Å²) in [4.78, 5) is 4.18. The zero-order chi connectivity index (χ0) is 9.97. The Morgan fingerprint density at radius 2 is 2.36 bits per heavy atom. The Hall–Kier alpha value is -1.24. The molecule has 0 amide bonds. The molecule has 0 unspecified atom stereocenters. The molecule has 0 fully saturated rings. The van der Waals surface area contributed by atoms with E-state index in [1.807, 2.05) is 23.7 Å². The lowest BCUT2D eigenvalue weighted by molar-refractivity contribution is 1.04. The molecule has 14 heavy (non-hydrogen) atoms. The van der Waals surface area contributed by atoms with Gasteiger partial charge in [0, 0.05) is 5.69 Å². The fraction of sp³-hybridized carbons (Fsp3) is 0. The summed E-state index contributed by atoms with van der Waals surface area (Å²) in [5, 5.41) is 3.34. The largest absolute Gasteiger partial charge is 0.332 e. The van der Waals surface area contributed by atoms with Crippen LogP contribution in [0.25, 0.3) is 10.2 Å². The lowest BCUT2D eigenvalue weighted by Gasteiger charge is -2.05. The van der Waals surface area contributed by atoms with Gasteiger partial charge in [0.15, 0.2) is 5.11 Å². The minimum absolute atomic E-state index is 0.397. The number of hydrogen-bond donors (Lipinski definition) is 3. The Kier molecular flexibility index (Phi) is 2.58. The van der Waals surface area contributed by atoms with Crippen LogP contribution in [-0.4, -0.2) is 10.1 Å². The van der Waals surface area contributed by atoms with Crippen molar-refractivity contribution in [1.82, 2.24) is 10.4 Å². The molecule has 0 bridgehead atoms. The summed E-state index contributed by atoms with van der Waals surface area (Å²) in [5.74, 6) is 5.15. The van der Waals surface area contributed by atoms with Gasteiger partial charge >= 0.3 is 0 Å². The van der Waals surface area contributed by atoms with Gasteiger partial charge in [-0.2, -0.15) is 0 Å². The zero-order valence-electron chi connectivity index (χ0n) is 7.15. The second kappa shape index (κ2) is 3.87. The highest BCUT2D eigenvalue weighted by Crippen LogP contribution is 2.21. The molecule has 0 saturated carbocycles. The molecule has 72 valence electrons. The summed E-state index contributed by atoms with van der Waals surface area (Å²) in [6, 6.07) is 5.83. The average Bonchev–Trinajstić information content (AvgIpc) is 2.64. The van der Waals surface area contributed by atoms with Gasteiger partial charge in [-0.1, -0.05) is 0 Å². The lowest BCUT2D eigenvalue weighted by atomic mass is 10.3. The predicted octanol–water partition coefficient (Wildman–Crippen LogP) is 1.46. The third-order valence-corrected chi connectivity index (χ3v) is 2.73. The zero-order valence-corrected chi connectivity index (χ0v) is 8.78. The molecule has 0 saturated heterocycles. The third-order valence-electron chi connectivity index (χ3n) is 1.72. The summed E-state index contributed by atoms with van der Waals surface area (Å²) in [7, 11) is 0. The van der Waals surface area contributed by atoms with E-state index in [4.69, 9.17) is 18.1 Å². The highest BCUT2D eigenvalue weighted by Gasteiger charge is 1.99. The third kappa shape index (κ3) is 1.82. The van der Waals surface area contributed by atoms with Crippen molar-refractivity contribution < 1.29 is 0 Å². The van der Waals surface area contributed by atoms with Crippen LogP contribution >= 0.6 is 23.6 Å². The van der Waals surface area contributed by atoms with E-state index in [0.29, 0.717) is 5.11 Å². The standard InChI is InChI=1S/C8H8N4S2/c9-12-8(13)11-5-1-2-6-7(3-5)14-4-10-6/h1-4H,9H2,(H2,11,12,13). The molecule has 4 nitrogen and oxygen atoms in total. The summed E-state index contributed by atoms with van der Waals surface area (Å²) < 4.78 is 1.12. The number of benzene rings is 1. The van der Waals surface area contributed by atoms with E-state index in [1.54, 1.807) is 11.3 Å². The van der Waals surface area contributed by atoms with Crippen molar-refractivity contribution in [3.8, 4) is 0 Å². The molecule has 0 aliphatic carbocycles. The molecule has 0 spiro atoms. The normalized spacial score (nSPS) is 10.1. The monoisotopic (exact) mass is 224 g/mol. The van der Waals surface area contributed by atoms with E-state index < -0.39 is 0 Å². The smallest absolute Gasteiger partial charge is 0.185 e. The van der Waals surface area contributed by atoms with Crippen molar-refractivity contribution in [2.45, 2.75) is 0 Å². The molecule has 2 aromatic rings. The Morgan fingerprint density at radius 3 is 3.14 bits per heavy atom. The second-order valence-electron chi connectivity index (χ2n) is 2.63. The van der Waals surface area contributed by atoms with Gasteiger partial charge in [-0.05, 0) is 30.4 Å². The Bertz CT molecular complexity index is 465. The van der Waals surface area contributed by atoms with Gasteiger partial charge in [0.2, 0.25) is 0 Å². The maximum atomic E-state index is 5.15. The predicted molar refractivity (Wildman–Crippen MR) is 63.2 cm³/mol. The van der Waals surface area contributed by atoms with Crippen molar-refractivity contribution in [3.05, 3.63) is 23.7 Å². The van der Waals surface area contributed by atoms with Gasteiger partial charge in [-0.3, -0.25) is 0 Å². The first-order valence-electron chi connectivity index (χ1n) is 3.90. The number of rotatable bonds is 1. The minimum Gasteiger partial charge on any atom is -0.332 e. The molecule has 0 aliphatic heterocycles. The highest BCUT2D eigenvalue weighted by atomic mass is 32.1. The topological polar surface area (TPSA) is 63.0 Å². The number of hydrogen-bond acceptors (Lipinski definition) is 4. The van der Waals surface area contributed by atoms with Crippen molar-refractivity contribution in [2.75, 3.05) is 5.32 Å².